The molecule has 8 nitrogen and oxygen atoms in total. The minimum atomic E-state index is -0.868. The Labute approximate surface area is 164 Å². The molecule has 0 radical (unpaired) electrons. The van der Waals surface area contributed by atoms with Crippen LogP contribution in [-0.2, 0) is 0 Å². The van der Waals surface area contributed by atoms with E-state index in [2.05, 4.69) is 25.8 Å². The fourth-order valence-corrected chi connectivity index (χ4v) is 2.98. The monoisotopic (exact) mass is 400 g/mol. The van der Waals surface area contributed by atoms with Crippen molar-refractivity contribution < 1.29 is 13.7 Å². The van der Waals surface area contributed by atoms with E-state index in [4.69, 9.17) is 0 Å². The summed E-state index contributed by atoms with van der Waals surface area (Å²) in [5.41, 5.74) is 1.16. The molecule has 1 atom stereocenters. The smallest absolute Gasteiger partial charge is 0.314 e. The third kappa shape index (κ3) is 4.15. The summed E-state index contributed by atoms with van der Waals surface area (Å²) in [6.07, 6.45) is 2.17. The molecule has 2 aromatic heterocycles. The number of hydrogen-bond donors (Lipinski definition) is 3. The van der Waals surface area contributed by atoms with E-state index in [9.17, 15) is 18.9 Å². The lowest BCUT2D eigenvalue weighted by molar-refractivity contribution is -0.384. The van der Waals surface area contributed by atoms with E-state index in [-0.39, 0.29) is 17.5 Å². The van der Waals surface area contributed by atoms with Gasteiger partial charge in [-0.1, -0.05) is 12.1 Å². The summed E-state index contributed by atoms with van der Waals surface area (Å²) in [6, 6.07) is 7.86. The van der Waals surface area contributed by atoms with E-state index in [1.807, 2.05) is 0 Å². The second kappa shape index (κ2) is 7.46. The summed E-state index contributed by atoms with van der Waals surface area (Å²) in [5, 5.41) is 24.0. The molecule has 1 saturated carbocycles. The van der Waals surface area contributed by atoms with E-state index in [1.165, 1.54) is 12.1 Å². The highest BCUT2D eigenvalue weighted by Gasteiger charge is 2.26. The first-order chi connectivity index (χ1) is 13.9. The van der Waals surface area contributed by atoms with E-state index in [0.29, 0.717) is 17.3 Å². The Bertz CT molecular complexity index is 1050. The maximum Gasteiger partial charge on any atom is 0.314 e. The number of aromatic amines is 1. The van der Waals surface area contributed by atoms with Gasteiger partial charge in [0, 0.05) is 17.7 Å². The number of hydrogen-bond acceptors (Lipinski definition) is 6. The fraction of sp³-hybridized carbons (Fsp3) is 0.263. The van der Waals surface area contributed by atoms with Crippen molar-refractivity contribution in [3.05, 3.63) is 69.4 Å². The number of nitrogens with one attached hydrogen (secondary N) is 3. The molecule has 1 fully saturated rings. The van der Waals surface area contributed by atoms with Crippen molar-refractivity contribution in [2.24, 2.45) is 0 Å². The van der Waals surface area contributed by atoms with Gasteiger partial charge in [-0.15, -0.1) is 0 Å². The van der Waals surface area contributed by atoms with Crippen molar-refractivity contribution in [3.8, 4) is 0 Å². The standard InChI is InChI=1S/C19H18F2N6O2/c1-10(11-4-6-13(20)7-5-11)22-19-16(27(28)29)8-14(21)18(24-19)23-17-9-15(25-26-17)12-2-3-12/h4-10,12H,2-3H2,1H3,(H3,22,23,24,25,26)/t10-/m1/s1. The Hall–Kier alpha value is -3.56. The predicted octanol–water partition coefficient (Wildman–Crippen LogP) is 4.79. The number of pyridine rings is 1. The molecular formula is C19H18F2N6O2. The van der Waals surface area contributed by atoms with Crippen LogP contribution in [0, 0.1) is 21.7 Å². The second-order valence-corrected chi connectivity index (χ2v) is 6.97. The lowest BCUT2D eigenvalue weighted by atomic mass is 10.1. The molecule has 0 saturated heterocycles. The number of halogens is 2. The van der Waals surface area contributed by atoms with Gasteiger partial charge in [0.1, 0.15) is 5.82 Å². The van der Waals surface area contributed by atoms with Gasteiger partial charge in [-0.3, -0.25) is 15.2 Å². The maximum absolute atomic E-state index is 14.4. The molecular weight excluding hydrogens is 382 g/mol. The first kappa shape index (κ1) is 18.8. The SMILES string of the molecule is C[C@@H](Nc1nc(Nc2cc(C3CC3)[nH]n2)c(F)cc1[N+](=O)[O-])c1ccc(F)cc1. The molecule has 1 aliphatic carbocycles. The summed E-state index contributed by atoms with van der Waals surface area (Å²) >= 11 is 0. The Kier molecular flexibility index (Phi) is 4.83. The Morgan fingerprint density at radius 3 is 2.59 bits per heavy atom. The van der Waals surface area contributed by atoms with Crippen molar-refractivity contribution in [1.29, 1.82) is 0 Å². The minimum absolute atomic E-state index is 0.103. The second-order valence-electron chi connectivity index (χ2n) is 6.97. The van der Waals surface area contributed by atoms with E-state index in [0.717, 1.165) is 24.6 Å². The van der Waals surface area contributed by atoms with Crippen LogP contribution >= 0.6 is 0 Å². The lowest BCUT2D eigenvalue weighted by Gasteiger charge is -2.16. The van der Waals surface area contributed by atoms with E-state index in [1.54, 1.807) is 25.1 Å². The van der Waals surface area contributed by atoms with Crippen LogP contribution in [0.2, 0.25) is 0 Å². The summed E-state index contributed by atoms with van der Waals surface area (Å²) in [5.74, 6) is -0.714. The molecule has 1 aromatic carbocycles. The average molecular weight is 400 g/mol. The van der Waals surface area contributed by atoms with E-state index < -0.39 is 22.5 Å². The number of nitrogens with zero attached hydrogens (tertiary/aromatic N) is 3. The number of aromatic nitrogens is 3. The minimum Gasteiger partial charge on any atom is -0.358 e. The van der Waals surface area contributed by atoms with Crippen molar-refractivity contribution in [2.45, 2.75) is 31.7 Å². The molecule has 29 heavy (non-hydrogen) atoms. The molecule has 4 rings (SSSR count). The molecule has 2 heterocycles. The van der Waals surface area contributed by atoms with Crippen LogP contribution in [0.15, 0.2) is 36.4 Å². The van der Waals surface area contributed by atoms with Crippen LogP contribution in [-0.4, -0.2) is 20.1 Å². The van der Waals surface area contributed by atoms with Crippen molar-refractivity contribution in [1.82, 2.24) is 15.2 Å². The van der Waals surface area contributed by atoms with Gasteiger partial charge in [-0.25, -0.2) is 13.8 Å². The van der Waals surface area contributed by atoms with Crippen LogP contribution in [0.5, 0.6) is 0 Å². The first-order valence-corrected chi connectivity index (χ1v) is 9.10. The van der Waals surface area contributed by atoms with Gasteiger partial charge in [0.15, 0.2) is 17.5 Å². The molecule has 0 amide bonds. The van der Waals surface area contributed by atoms with Crippen molar-refractivity contribution >= 4 is 23.1 Å². The van der Waals surface area contributed by atoms with Gasteiger partial charge >= 0.3 is 5.69 Å². The van der Waals surface area contributed by atoms with Crippen molar-refractivity contribution in [3.63, 3.8) is 0 Å². The van der Waals surface area contributed by atoms with Crippen LogP contribution < -0.4 is 10.6 Å². The highest BCUT2D eigenvalue weighted by molar-refractivity contribution is 5.64. The largest absolute Gasteiger partial charge is 0.358 e. The first-order valence-electron chi connectivity index (χ1n) is 9.10. The quantitative estimate of drug-likeness (QED) is 0.389. The zero-order valence-electron chi connectivity index (χ0n) is 15.4. The average Bonchev–Trinajstić information content (AvgIpc) is 3.43. The van der Waals surface area contributed by atoms with Crippen LogP contribution in [0.25, 0.3) is 0 Å². The van der Waals surface area contributed by atoms with Crippen LogP contribution in [0.1, 0.15) is 43.0 Å². The summed E-state index contributed by atoms with van der Waals surface area (Å²) in [7, 11) is 0. The maximum atomic E-state index is 14.4. The van der Waals surface area contributed by atoms with Gasteiger partial charge in [0.25, 0.3) is 0 Å². The van der Waals surface area contributed by atoms with Crippen molar-refractivity contribution in [2.75, 3.05) is 10.6 Å². The van der Waals surface area contributed by atoms with Gasteiger partial charge < -0.3 is 10.6 Å². The molecule has 0 unspecified atom stereocenters. The third-order valence-electron chi connectivity index (χ3n) is 4.74. The summed E-state index contributed by atoms with van der Waals surface area (Å²) < 4.78 is 27.5. The van der Waals surface area contributed by atoms with Crippen LogP contribution in [0.3, 0.4) is 0 Å². The van der Waals surface area contributed by atoms with Gasteiger partial charge in [-0.05, 0) is 37.5 Å². The highest BCUT2D eigenvalue weighted by Crippen LogP contribution is 2.40. The molecule has 1 aliphatic rings. The number of nitro groups is 1. The Morgan fingerprint density at radius 1 is 1.21 bits per heavy atom. The zero-order chi connectivity index (χ0) is 20.5. The molecule has 0 aliphatic heterocycles. The third-order valence-corrected chi connectivity index (χ3v) is 4.74. The highest BCUT2D eigenvalue weighted by atomic mass is 19.1. The number of benzene rings is 1. The summed E-state index contributed by atoms with van der Waals surface area (Å²) in [4.78, 5) is 14.7. The Morgan fingerprint density at radius 2 is 1.93 bits per heavy atom. The fourth-order valence-electron chi connectivity index (χ4n) is 2.98. The zero-order valence-corrected chi connectivity index (χ0v) is 15.4. The number of H-pyrrole nitrogens is 1. The molecule has 0 spiro atoms. The lowest BCUT2D eigenvalue weighted by Crippen LogP contribution is -2.11. The predicted molar refractivity (Wildman–Crippen MR) is 103 cm³/mol. The summed E-state index contributed by atoms with van der Waals surface area (Å²) in [6.45, 7) is 1.74. The van der Waals surface area contributed by atoms with Gasteiger partial charge in [0.05, 0.1) is 17.0 Å². The molecule has 150 valence electrons. The van der Waals surface area contributed by atoms with Gasteiger partial charge in [-0.2, -0.15) is 5.10 Å². The topological polar surface area (TPSA) is 109 Å². The van der Waals surface area contributed by atoms with Crippen LogP contribution in [0.4, 0.5) is 31.9 Å². The normalized spacial score (nSPS) is 14.4. The molecule has 0 bridgehead atoms. The van der Waals surface area contributed by atoms with E-state index >= 15 is 0 Å². The van der Waals surface area contributed by atoms with Gasteiger partial charge in [0.2, 0.25) is 5.82 Å². The molecule has 3 aromatic rings. The number of anilines is 3. The molecule has 3 N–H and O–H groups in total. The number of rotatable bonds is 7. The Balaban J connectivity index is 1.61. The molecule has 10 heteroatoms.